The summed E-state index contributed by atoms with van der Waals surface area (Å²) in [5.74, 6) is -2.92. The summed E-state index contributed by atoms with van der Waals surface area (Å²) in [6.07, 6.45) is 0.586. The second kappa shape index (κ2) is 12.0. The van der Waals surface area contributed by atoms with Crippen molar-refractivity contribution >= 4 is 22.9 Å². The van der Waals surface area contributed by atoms with Gasteiger partial charge in [-0.15, -0.1) is 0 Å². The van der Waals surface area contributed by atoms with Crippen molar-refractivity contribution in [2.75, 3.05) is 14.2 Å². The zero-order valence-corrected chi connectivity index (χ0v) is 24.5. The number of halogens is 2. The van der Waals surface area contributed by atoms with E-state index in [0.717, 1.165) is 0 Å². The van der Waals surface area contributed by atoms with E-state index < -0.39 is 23.5 Å². The minimum absolute atomic E-state index is 0.00541. The molecule has 1 aliphatic carbocycles. The number of ether oxygens (including phenoxy) is 2. The smallest absolute Gasteiger partial charge is 0.339 e. The number of allylic oxidation sites excluding steroid dienone is 2. The van der Waals surface area contributed by atoms with Crippen LogP contribution in [-0.2, 0) is 16.1 Å². The van der Waals surface area contributed by atoms with Gasteiger partial charge >= 0.3 is 5.97 Å². The van der Waals surface area contributed by atoms with Crippen molar-refractivity contribution in [3.8, 4) is 16.9 Å². The fraction of sp³-hybridized carbons (Fsp3) is 0.353. The van der Waals surface area contributed by atoms with Crippen LogP contribution >= 0.6 is 0 Å². The molecule has 4 rings (SSSR count). The molecule has 0 aliphatic heterocycles. The third-order valence-electron chi connectivity index (χ3n) is 8.19. The largest absolute Gasteiger partial charge is 0.496 e. The molecular weight excluding hydrogens is 526 g/mol. The van der Waals surface area contributed by atoms with Crippen molar-refractivity contribution in [3.05, 3.63) is 87.5 Å². The summed E-state index contributed by atoms with van der Waals surface area (Å²) in [5, 5.41) is 9.85. The lowest BCUT2D eigenvalue weighted by Crippen LogP contribution is -2.19. The Morgan fingerprint density at radius 1 is 1.00 bits per heavy atom. The van der Waals surface area contributed by atoms with Crippen LogP contribution in [0.3, 0.4) is 0 Å². The van der Waals surface area contributed by atoms with Gasteiger partial charge in [0.25, 0.3) is 0 Å². The highest BCUT2D eigenvalue weighted by Crippen LogP contribution is 2.53. The molecule has 1 N–H and O–H groups in total. The first-order valence-electron chi connectivity index (χ1n) is 13.8. The van der Waals surface area contributed by atoms with Gasteiger partial charge in [0.05, 0.1) is 13.7 Å². The summed E-state index contributed by atoms with van der Waals surface area (Å²) in [4.78, 5) is 26.2. The predicted octanol–water partition coefficient (Wildman–Crippen LogP) is 8.07. The standard InChI is InChI=1S/C34H36F2O5/c1-8-23-25-14-21(16-40-6)29(24-15-26(34(38)39)27(41-7)13-18(24)4)32(36)30(25)31(33(37)19(5)17(2)3)28(23)20-9-11-22(35)12-10-20/h9-15,17,19,23H,8,16H2,1-7H3,(H,38,39). The number of carboxylic acids is 1. The molecule has 0 spiro atoms. The van der Waals surface area contributed by atoms with E-state index in [-0.39, 0.29) is 46.7 Å². The second-order valence-electron chi connectivity index (χ2n) is 10.9. The monoisotopic (exact) mass is 562 g/mol. The molecule has 0 aromatic heterocycles. The fourth-order valence-corrected chi connectivity index (χ4v) is 5.75. The molecule has 0 fully saturated rings. The van der Waals surface area contributed by atoms with Gasteiger partial charge in [-0.05, 0) is 76.9 Å². The molecule has 0 amide bonds. The van der Waals surface area contributed by atoms with Crippen molar-refractivity contribution < 1.29 is 33.0 Å². The highest BCUT2D eigenvalue weighted by molar-refractivity contribution is 6.31. The predicted molar refractivity (Wildman–Crippen MR) is 156 cm³/mol. The van der Waals surface area contributed by atoms with E-state index in [1.807, 2.05) is 33.8 Å². The molecule has 2 atom stereocenters. The molecule has 0 radical (unpaired) electrons. The molecule has 7 heteroatoms. The third kappa shape index (κ3) is 5.31. The number of aromatic carboxylic acids is 1. The maximum Gasteiger partial charge on any atom is 0.339 e. The van der Waals surface area contributed by atoms with Crippen molar-refractivity contribution in [1.29, 1.82) is 0 Å². The van der Waals surface area contributed by atoms with E-state index >= 15 is 4.39 Å². The van der Waals surface area contributed by atoms with Crippen LogP contribution in [0.25, 0.3) is 22.3 Å². The number of rotatable bonds is 10. The summed E-state index contributed by atoms with van der Waals surface area (Å²) in [6.45, 7) is 9.55. The average Bonchev–Trinajstić information content (AvgIpc) is 3.27. The van der Waals surface area contributed by atoms with Crippen molar-refractivity contribution in [1.82, 2.24) is 0 Å². The van der Waals surface area contributed by atoms with E-state index in [1.54, 1.807) is 25.1 Å². The summed E-state index contributed by atoms with van der Waals surface area (Å²) in [6, 6.07) is 10.8. The summed E-state index contributed by atoms with van der Waals surface area (Å²) in [7, 11) is 2.89. The maximum absolute atomic E-state index is 17.2. The van der Waals surface area contributed by atoms with Crippen molar-refractivity contribution in [3.63, 3.8) is 0 Å². The molecule has 0 heterocycles. The topological polar surface area (TPSA) is 72.8 Å². The normalized spacial score (nSPS) is 15.3. The number of carboxylic acid groups (broad SMARTS) is 1. The van der Waals surface area contributed by atoms with Gasteiger partial charge in [-0.1, -0.05) is 45.9 Å². The minimum Gasteiger partial charge on any atom is -0.496 e. The number of hydrogen-bond acceptors (Lipinski definition) is 4. The molecule has 0 bridgehead atoms. The Bertz CT molecular complexity index is 1540. The zero-order chi connectivity index (χ0) is 30.2. The minimum atomic E-state index is -1.20. The molecule has 41 heavy (non-hydrogen) atoms. The number of Topliss-reactive ketones (excluding diaryl/α,β-unsaturated/α-hetero) is 1. The SMILES string of the molecule is CCC1C(c2ccc(F)cc2)=C(C(=O)C(C)C(C)C)c2c1cc(COC)c(-c1cc(C(=O)O)c(OC)cc1C)c2F. The summed E-state index contributed by atoms with van der Waals surface area (Å²) >= 11 is 0. The van der Waals surface area contributed by atoms with Gasteiger partial charge in [0.2, 0.25) is 0 Å². The lowest BCUT2D eigenvalue weighted by molar-refractivity contribution is -0.117. The van der Waals surface area contributed by atoms with E-state index in [0.29, 0.717) is 45.4 Å². The van der Waals surface area contributed by atoms with E-state index in [1.165, 1.54) is 32.4 Å². The van der Waals surface area contributed by atoms with Crippen LogP contribution in [0.1, 0.15) is 78.2 Å². The molecular formula is C34H36F2O5. The number of ketones is 1. The second-order valence-corrected chi connectivity index (χ2v) is 10.9. The molecule has 5 nitrogen and oxygen atoms in total. The first kappa shape index (κ1) is 30.1. The molecule has 3 aromatic carbocycles. The number of methoxy groups -OCH3 is 2. The van der Waals surface area contributed by atoms with E-state index in [9.17, 15) is 19.1 Å². The van der Waals surface area contributed by atoms with Crippen LogP contribution in [0.2, 0.25) is 0 Å². The lowest BCUT2D eigenvalue weighted by Gasteiger charge is -2.21. The van der Waals surface area contributed by atoms with E-state index in [4.69, 9.17) is 9.47 Å². The Labute approximate surface area is 239 Å². The number of carbonyl (C=O) groups excluding carboxylic acids is 1. The van der Waals surface area contributed by atoms with Crippen molar-refractivity contribution in [2.24, 2.45) is 11.8 Å². The number of aryl methyl sites for hydroxylation is 1. The molecule has 0 saturated heterocycles. The van der Waals surface area contributed by atoms with Crippen LogP contribution in [0.4, 0.5) is 8.78 Å². The maximum atomic E-state index is 17.2. The van der Waals surface area contributed by atoms with Gasteiger partial charge in [0.15, 0.2) is 5.78 Å². The van der Waals surface area contributed by atoms with Gasteiger partial charge in [-0.3, -0.25) is 4.79 Å². The fourth-order valence-electron chi connectivity index (χ4n) is 5.75. The van der Waals surface area contributed by atoms with Crippen LogP contribution in [-0.4, -0.2) is 31.1 Å². The molecule has 3 aromatic rings. The van der Waals surface area contributed by atoms with Gasteiger partial charge < -0.3 is 14.6 Å². The van der Waals surface area contributed by atoms with Gasteiger partial charge in [0, 0.05) is 35.6 Å². The Kier molecular flexibility index (Phi) is 8.78. The van der Waals surface area contributed by atoms with E-state index in [2.05, 4.69) is 0 Å². The molecule has 0 saturated carbocycles. The Morgan fingerprint density at radius 2 is 1.66 bits per heavy atom. The highest BCUT2D eigenvalue weighted by atomic mass is 19.1. The number of carbonyl (C=O) groups is 2. The average molecular weight is 563 g/mol. The van der Waals surface area contributed by atoms with Gasteiger partial charge in [-0.25, -0.2) is 13.6 Å². The Morgan fingerprint density at radius 3 is 2.20 bits per heavy atom. The number of hydrogen-bond donors (Lipinski definition) is 1. The van der Waals surface area contributed by atoms with Crippen molar-refractivity contribution in [2.45, 2.75) is 53.6 Å². The zero-order valence-electron chi connectivity index (χ0n) is 24.5. The van der Waals surface area contributed by atoms with Gasteiger partial charge in [0.1, 0.15) is 22.9 Å². The first-order chi connectivity index (χ1) is 19.5. The summed E-state index contributed by atoms with van der Waals surface area (Å²) in [5.41, 5.74) is 4.14. The van der Waals surface area contributed by atoms with Gasteiger partial charge in [-0.2, -0.15) is 0 Å². The third-order valence-corrected chi connectivity index (χ3v) is 8.19. The van der Waals surface area contributed by atoms with Crippen LogP contribution in [0.5, 0.6) is 5.75 Å². The number of fused-ring (bicyclic) bond motifs is 1. The Hall–Kier alpha value is -3.84. The number of benzene rings is 3. The molecule has 1 aliphatic rings. The quantitative estimate of drug-likeness (QED) is 0.271. The summed E-state index contributed by atoms with van der Waals surface area (Å²) < 4.78 is 41.9. The molecule has 216 valence electrons. The van der Waals surface area contributed by atoms with Crippen LogP contribution in [0.15, 0.2) is 42.5 Å². The highest BCUT2D eigenvalue weighted by Gasteiger charge is 2.40. The Balaban J connectivity index is 2.13. The van der Waals surface area contributed by atoms with Crippen LogP contribution < -0.4 is 4.74 Å². The van der Waals surface area contributed by atoms with Crippen LogP contribution in [0, 0.1) is 30.4 Å². The molecule has 2 unspecified atom stereocenters. The lowest BCUT2D eigenvalue weighted by atomic mass is 9.83. The first-order valence-corrected chi connectivity index (χ1v) is 13.8.